The zero-order valence-corrected chi connectivity index (χ0v) is 5.32. The van der Waals surface area contributed by atoms with E-state index in [1.807, 2.05) is 0 Å². The van der Waals surface area contributed by atoms with Crippen LogP contribution in [-0.2, 0) is 6.54 Å². The Morgan fingerprint density at radius 2 is 2.40 bits per heavy atom. The molecule has 1 aromatic rings. The minimum atomic E-state index is 0.0521. The Morgan fingerprint density at radius 1 is 1.50 bits per heavy atom. The second-order valence-corrected chi connectivity index (χ2v) is 2.25. The van der Waals surface area contributed by atoms with Crippen molar-refractivity contribution in [3.05, 3.63) is 5.82 Å². The van der Waals surface area contributed by atoms with E-state index in [1.165, 1.54) is 0 Å². The van der Waals surface area contributed by atoms with Crippen LogP contribution in [-0.4, -0.2) is 26.0 Å². The maximum Gasteiger partial charge on any atom is 0.218 e. The van der Waals surface area contributed by atoms with Crippen LogP contribution in [0.2, 0.25) is 0 Å². The van der Waals surface area contributed by atoms with Gasteiger partial charge in [0, 0.05) is 13.0 Å². The molecule has 0 bridgehead atoms. The van der Waals surface area contributed by atoms with Gasteiger partial charge < -0.3 is 0 Å². The van der Waals surface area contributed by atoms with Crippen LogP contribution in [0, 0.1) is 0 Å². The number of tetrazole rings is 1. The Kier molecular flexibility index (Phi) is 1.03. The van der Waals surface area contributed by atoms with E-state index in [0.29, 0.717) is 12.2 Å². The van der Waals surface area contributed by atoms with Crippen molar-refractivity contribution in [2.24, 2.45) is 0 Å². The quantitative estimate of drug-likeness (QED) is 0.491. The van der Waals surface area contributed by atoms with Crippen molar-refractivity contribution < 1.29 is 4.79 Å². The largest absolute Gasteiger partial charge is 0.291 e. The Balaban J connectivity index is 2.50. The number of hydrogen-bond donors (Lipinski definition) is 0. The lowest BCUT2D eigenvalue weighted by atomic mass is 10.1. The highest BCUT2D eigenvalue weighted by Crippen LogP contribution is 2.08. The molecule has 1 aromatic heterocycles. The normalized spacial score (nSPS) is 17.0. The van der Waals surface area contributed by atoms with Crippen molar-refractivity contribution in [3.63, 3.8) is 0 Å². The molecule has 1 aliphatic rings. The number of hydrogen-bond acceptors (Lipinski definition) is 4. The van der Waals surface area contributed by atoms with Crippen molar-refractivity contribution in [1.29, 1.82) is 0 Å². The van der Waals surface area contributed by atoms with Crippen LogP contribution in [0.4, 0.5) is 0 Å². The van der Waals surface area contributed by atoms with Crippen LogP contribution in [0.25, 0.3) is 0 Å². The van der Waals surface area contributed by atoms with Crippen LogP contribution >= 0.6 is 0 Å². The summed E-state index contributed by atoms with van der Waals surface area (Å²) in [6.07, 6.45) is 1.44. The van der Waals surface area contributed by atoms with Gasteiger partial charge in [0.1, 0.15) is 0 Å². The van der Waals surface area contributed by atoms with Crippen LogP contribution in [0.5, 0.6) is 0 Å². The second-order valence-electron chi connectivity index (χ2n) is 2.25. The van der Waals surface area contributed by atoms with Gasteiger partial charge >= 0.3 is 0 Å². The molecule has 0 spiro atoms. The number of carbonyl (C=O) groups is 1. The summed E-state index contributed by atoms with van der Waals surface area (Å²) < 4.78 is 1.55. The summed E-state index contributed by atoms with van der Waals surface area (Å²) in [5.41, 5.74) is 0. The zero-order chi connectivity index (χ0) is 6.97. The molecule has 0 aromatic carbocycles. The van der Waals surface area contributed by atoms with E-state index in [2.05, 4.69) is 15.5 Å². The lowest BCUT2D eigenvalue weighted by Gasteiger charge is -2.07. The lowest BCUT2D eigenvalue weighted by Crippen LogP contribution is -2.17. The van der Waals surface area contributed by atoms with E-state index in [4.69, 9.17) is 0 Å². The second kappa shape index (κ2) is 1.86. The lowest BCUT2D eigenvalue weighted by molar-refractivity contribution is 0.0946. The summed E-state index contributed by atoms with van der Waals surface area (Å²) >= 11 is 0. The minimum absolute atomic E-state index is 0.0521. The summed E-state index contributed by atoms with van der Waals surface area (Å²) in [6, 6.07) is 0. The van der Waals surface area contributed by atoms with Crippen molar-refractivity contribution >= 4 is 5.78 Å². The van der Waals surface area contributed by atoms with Crippen LogP contribution in [0.15, 0.2) is 0 Å². The molecule has 0 atom stereocenters. The number of fused-ring (bicyclic) bond motifs is 1. The van der Waals surface area contributed by atoms with Crippen LogP contribution in [0.1, 0.15) is 23.5 Å². The summed E-state index contributed by atoms with van der Waals surface area (Å²) in [5, 5.41) is 10.6. The van der Waals surface area contributed by atoms with E-state index < -0.39 is 0 Å². The van der Waals surface area contributed by atoms with E-state index in [1.54, 1.807) is 4.68 Å². The van der Waals surface area contributed by atoms with E-state index in [0.717, 1.165) is 13.0 Å². The summed E-state index contributed by atoms with van der Waals surface area (Å²) in [4.78, 5) is 11.0. The summed E-state index contributed by atoms with van der Waals surface area (Å²) in [7, 11) is 0. The fourth-order valence-corrected chi connectivity index (χ4v) is 1.06. The maximum atomic E-state index is 11.0. The number of ketones is 1. The van der Waals surface area contributed by atoms with Gasteiger partial charge in [0.15, 0.2) is 0 Å². The Bertz CT molecular complexity index is 266. The molecule has 2 rings (SSSR count). The highest BCUT2D eigenvalue weighted by atomic mass is 16.1. The monoisotopic (exact) mass is 138 g/mol. The summed E-state index contributed by atoms with van der Waals surface area (Å²) in [6.45, 7) is 0.772. The van der Waals surface area contributed by atoms with Gasteiger partial charge in [-0.05, 0) is 16.8 Å². The van der Waals surface area contributed by atoms with Gasteiger partial charge in [0.25, 0.3) is 0 Å². The molecular weight excluding hydrogens is 132 g/mol. The van der Waals surface area contributed by atoms with E-state index in [-0.39, 0.29) is 5.78 Å². The van der Waals surface area contributed by atoms with Gasteiger partial charge in [-0.15, -0.1) is 5.10 Å². The van der Waals surface area contributed by atoms with Gasteiger partial charge in [-0.3, -0.25) is 4.79 Å². The highest BCUT2D eigenvalue weighted by Gasteiger charge is 2.19. The fourth-order valence-electron chi connectivity index (χ4n) is 1.06. The Morgan fingerprint density at radius 3 is 3.20 bits per heavy atom. The van der Waals surface area contributed by atoms with Gasteiger partial charge in [-0.25, -0.2) is 4.68 Å². The number of rotatable bonds is 0. The number of nitrogens with zero attached hydrogens (tertiary/aromatic N) is 4. The van der Waals surface area contributed by atoms with E-state index in [9.17, 15) is 4.79 Å². The average molecular weight is 138 g/mol. The first kappa shape index (κ1) is 5.52. The van der Waals surface area contributed by atoms with Gasteiger partial charge in [0.2, 0.25) is 11.6 Å². The third kappa shape index (κ3) is 0.632. The Labute approximate surface area is 57.0 Å². The molecule has 52 valence electrons. The molecule has 0 saturated heterocycles. The minimum Gasteiger partial charge on any atom is -0.291 e. The molecule has 2 heterocycles. The maximum absolute atomic E-state index is 11.0. The first-order valence-corrected chi connectivity index (χ1v) is 3.17. The molecular formula is C5H6N4O. The third-order valence-electron chi connectivity index (χ3n) is 1.56. The molecule has 5 heteroatoms. The number of Topliss-reactive ketones (excluding diaryl/α,β-unsaturated/α-hetero) is 1. The molecule has 0 unspecified atom stereocenters. The molecule has 0 radical (unpaired) electrons. The molecule has 1 aliphatic heterocycles. The molecule has 0 amide bonds. The van der Waals surface area contributed by atoms with Gasteiger partial charge in [-0.1, -0.05) is 0 Å². The van der Waals surface area contributed by atoms with Crippen molar-refractivity contribution in [1.82, 2.24) is 20.2 Å². The van der Waals surface area contributed by atoms with Crippen molar-refractivity contribution in [3.8, 4) is 0 Å². The number of aromatic nitrogens is 4. The zero-order valence-electron chi connectivity index (χ0n) is 5.32. The fraction of sp³-hybridized carbons (Fsp3) is 0.600. The van der Waals surface area contributed by atoms with Gasteiger partial charge in [-0.2, -0.15) is 0 Å². The standard InChI is InChI=1S/C5H6N4O/c10-4-2-1-3-9-5(4)6-7-8-9/h1-3H2. The first-order valence-electron chi connectivity index (χ1n) is 3.17. The predicted molar refractivity (Wildman–Crippen MR) is 31.4 cm³/mol. The van der Waals surface area contributed by atoms with Crippen LogP contribution in [0.3, 0.4) is 0 Å². The summed E-state index contributed by atoms with van der Waals surface area (Å²) in [5.74, 6) is 0.461. The van der Waals surface area contributed by atoms with Gasteiger partial charge in [0.05, 0.1) is 0 Å². The first-order chi connectivity index (χ1) is 4.88. The third-order valence-corrected chi connectivity index (χ3v) is 1.56. The van der Waals surface area contributed by atoms with E-state index >= 15 is 0 Å². The Hall–Kier alpha value is -1.26. The highest BCUT2D eigenvalue weighted by molar-refractivity contribution is 5.92. The molecule has 0 N–H and O–H groups in total. The SMILES string of the molecule is O=C1CCCn2nnnc21. The van der Waals surface area contributed by atoms with Crippen LogP contribution < -0.4 is 0 Å². The molecule has 0 saturated carbocycles. The molecule has 0 fully saturated rings. The molecule has 5 nitrogen and oxygen atoms in total. The smallest absolute Gasteiger partial charge is 0.218 e. The van der Waals surface area contributed by atoms with Crippen molar-refractivity contribution in [2.45, 2.75) is 19.4 Å². The molecule has 10 heavy (non-hydrogen) atoms. The predicted octanol–water partition coefficient (Wildman–Crippen LogP) is -0.350. The average Bonchev–Trinajstić information content (AvgIpc) is 2.36. The number of carbonyl (C=O) groups excluding carboxylic acids is 1. The van der Waals surface area contributed by atoms with Crippen molar-refractivity contribution in [2.75, 3.05) is 0 Å². The number of aryl methyl sites for hydroxylation is 1. The molecule has 0 aliphatic carbocycles. The topological polar surface area (TPSA) is 60.7 Å².